The molecule has 0 saturated carbocycles. The van der Waals surface area contributed by atoms with Gasteiger partial charge in [0.15, 0.2) is 17.1 Å². The highest BCUT2D eigenvalue weighted by molar-refractivity contribution is 7.99. The standard InChI is InChI=1S/C28H26Cl2N4O5S2/c1-5-12-34-25(16(2)39-22-13-18(29)8-11-21(22)30)32-33-28(34)41-15-23(35)31-26-24(27(36)38-4)20(14-40-26)17-6-9-19(37-3)10-7-17/h5-11,13-14,16H,1,12,15H2,2-4H3,(H,31,35). The van der Waals surface area contributed by atoms with Gasteiger partial charge >= 0.3 is 5.97 Å². The Bertz CT molecular complexity index is 1560. The number of thiophene rings is 1. The fourth-order valence-corrected chi connectivity index (χ4v) is 5.90. The van der Waals surface area contributed by atoms with E-state index in [-0.39, 0.29) is 17.2 Å². The van der Waals surface area contributed by atoms with Crippen LogP contribution in [0.5, 0.6) is 11.5 Å². The summed E-state index contributed by atoms with van der Waals surface area (Å²) in [7, 11) is 2.88. The molecule has 1 N–H and O–H groups in total. The molecule has 0 radical (unpaired) electrons. The van der Waals surface area contributed by atoms with Gasteiger partial charge in [0.2, 0.25) is 5.91 Å². The Morgan fingerprint density at radius 3 is 2.61 bits per heavy atom. The molecule has 1 amide bonds. The molecule has 9 nitrogen and oxygen atoms in total. The molecule has 2 aromatic heterocycles. The first-order valence-corrected chi connectivity index (χ1v) is 14.8. The smallest absolute Gasteiger partial charge is 0.341 e. The van der Waals surface area contributed by atoms with Gasteiger partial charge in [0.05, 0.1) is 25.0 Å². The molecule has 13 heteroatoms. The van der Waals surface area contributed by atoms with Crippen LogP contribution in [0.2, 0.25) is 10.0 Å². The second-order valence-corrected chi connectivity index (χ2v) is 11.2. The van der Waals surface area contributed by atoms with Crippen molar-refractivity contribution >= 4 is 63.2 Å². The van der Waals surface area contributed by atoms with Crippen LogP contribution in [0.25, 0.3) is 11.1 Å². The Morgan fingerprint density at radius 2 is 1.93 bits per heavy atom. The molecule has 4 rings (SSSR count). The molecule has 41 heavy (non-hydrogen) atoms. The van der Waals surface area contributed by atoms with Crippen molar-refractivity contribution in [2.24, 2.45) is 0 Å². The van der Waals surface area contributed by atoms with Gasteiger partial charge in [-0.1, -0.05) is 53.2 Å². The lowest BCUT2D eigenvalue weighted by molar-refractivity contribution is -0.113. The van der Waals surface area contributed by atoms with E-state index in [1.807, 2.05) is 19.1 Å². The number of methoxy groups -OCH3 is 2. The highest BCUT2D eigenvalue weighted by atomic mass is 35.5. The van der Waals surface area contributed by atoms with E-state index >= 15 is 0 Å². The lowest BCUT2D eigenvalue weighted by Crippen LogP contribution is -2.17. The lowest BCUT2D eigenvalue weighted by atomic mass is 10.0. The number of benzene rings is 2. The van der Waals surface area contributed by atoms with Crippen molar-refractivity contribution in [2.45, 2.75) is 24.7 Å². The topological polar surface area (TPSA) is 105 Å². The predicted molar refractivity (Wildman–Crippen MR) is 163 cm³/mol. The Balaban J connectivity index is 1.48. The molecule has 1 atom stereocenters. The maximum atomic E-state index is 13.0. The third kappa shape index (κ3) is 7.23. The van der Waals surface area contributed by atoms with Crippen molar-refractivity contribution in [2.75, 3.05) is 25.3 Å². The van der Waals surface area contributed by atoms with Crippen LogP contribution in [0, 0.1) is 0 Å². The highest BCUT2D eigenvalue weighted by Gasteiger charge is 2.24. The lowest BCUT2D eigenvalue weighted by Gasteiger charge is -2.16. The molecule has 0 aliphatic carbocycles. The first-order chi connectivity index (χ1) is 19.7. The van der Waals surface area contributed by atoms with Gasteiger partial charge in [-0.05, 0) is 36.8 Å². The molecule has 1 unspecified atom stereocenters. The Hall–Kier alpha value is -3.51. The number of thioether (sulfide) groups is 1. The van der Waals surface area contributed by atoms with E-state index in [4.69, 9.17) is 37.4 Å². The van der Waals surface area contributed by atoms with Gasteiger partial charge in [0.25, 0.3) is 0 Å². The van der Waals surface area contributed by atoms with Crippen molar-refractivity contribution in [3.05, 3.63) is 81.9 Å². The summed E-state index contributed by atoms with van der Waals surface area (Å²) in [5.74, 6) is 0.771. The van der Waals surface area contributed by atoms with Crippen molar-refractivity contribution < 1.29 is 23.8 Å². The van der Waals surface area contributed by atoms with Gasteiger partial charge in [-0.2, -0.15) is 0 Å². The minimum atomic E-state index is -0.552. The average Bonchev–Trinajstić information content (AvgIpc) is 3.57. The van der Waals surface area contributed by atoms with Crippen molar-refractivity contribution in [3.8, 4) is 22.6 Å². The summed E-state index contributed by atoms with van der Waals surface area (Å²) >= 11 is 14.8. The SMILES string of the molecule is C=CCn1c(SCC(=O)Nc2scc(-c3ccc(OC)cc3)c2C(=O)OC)nnc1C(C)Oc1cc(Cl)ccc1Cl. The fourth-order valence-electron chi connectivity index (χ4n) is 3.85. The summed E-state index contributed by atoms with van der Waals surface area (Å²) in [6, 6.07) is 12.2. The number of anilines is 1. The third-order valence-corrected chi connectivity index (χ3v) is 8.19. The number of nitrogens with one attached hydrogen (secondary N) is 1. The van der Waals surface area contributed by atoms with E-state index in [0.29, 0.717) is 49.6 Å². The number of halogens is 2. The van der Waals surface area contributed by atoms with Crippen molar-refractivity contribution in [3.63, 3.8) is 0 Å². The summed E-state index contributed by atoms with van der Waals surface area (Å²) in [6.07, 6.45) is 1.18. The molecule has 0 spiro atoms. The third-order valence-electron chi connectivity index (χ3n) is 5.78. The summed E-state index contributed by atoms with van der Waals surface area (Å²) in [5, 5.41) is 15.0. The summed E-state index contributed by atoms with van der Waals surface area (Å²) in [5.41, 5.74) is 1.72. The minimum absolute atomic E-state index is 0.0149. The molecule has 2 aromatic carbocycles. The first-order valence-electron chi connectivity index (χ1n) is 12.2. The van der Waals surface area contributed by atoms with Crippen molar-refractivity contribution in [1.82, 2.24) is 14.8 Å². The summed E-state index contributed by atoms with van der Waals surface area (Å²) in [4.78, 5) is 25.6. The van der Waals surface area contributed by atoms with Gasteiger partial charge in [-0.3, -0.25) is 9.36 Å². The van der Waals surface area contributed by atoms with Gasteiger partial charge in [-0.25, -0.2) is 4.79 Å². The number of hydrogen-bond donors (Lipinski definition) is 1. The van der Waals surface area contributed by atoms with Crippen LogP contribution in [0.3, 0.4) is 0 Å². The number of carbonyl (C=O) groups excluding carboxylic acids is 2. The molecule has 0 aliphatic rings. The second kappa shape index (κ2) is 13.9. The number of allylic oxidation sites excluding steroid dienone is 1. The molecular weight excluding hydrogens is 607 g/mol. The molecule has 0 aliphatic heterocycles. The summed E-state index contributed by atoms with van der Waals surface area (Å²) < 4.78 is 18.0. The normalized spacial score (nSPS) is 11.5. The van der Waals surface area contributed by atoms with Crippen LogP contribution in [0.15, 0.2) is 65.7 Å². The van der Waals surface area contributed by atoms with Crippen LogP contribution >= 0.6 is 46.3 Å². The van der Waals surface area contributed by atoms with E-state index in [2.05, 4.69) is 22.1 Å². The van der Waals surface area contributed by atoms with E-state index in [9.17, 15) is 9.59 Å². The van der Waals surface area contributed by atoms with Gasteiger partial charge in [0.1, 0.15) is 22.1 Å². The van der Waals surface area contributed by atoms with Gasteiger partial charge in [0, 0.05) is 28.6 Å². The number of amides is 1. The number of carbonyl (C=O) groups is 2. The molecular formula is C28H26Cl2N4O5S2. The van der Waals surface area contributed by atoms with E-state index < -0.39 is 12.1 Å². The fraction of sp³-hybridized carbons (Fsp3) is 0.214. The van der Waals surface area contributed by atoms with Crippen molar-refractivity contribution in [1.29, 1.82) is 0 Å². The number of rotatable bonds is 12. The zero-order valence-electron chi connectivity index (χ0n) is 22.4. The van der Waals surface area contributed by atoms with E-state index in [1.165, 1.54) is 30.2 Å². The van der Waals surface area contributed by atoms with E-state index in [1.54, 1.807) is 53.5 Å². The quantitative estimate of drug-likeness (QED) is 0.0996. The van der Waals surface area contributed by atoms with Gasteiger partial charge in [-0.15, -0.1) is 28.1 Å². The van der Waals surface area contributed by atoms with Gasteiger partial charge < -0.3 is 19.5 Å². The molecule has 0 fully saturated rings. The zero-order chi connectivity index (χ0) is 29.5. The number of esters is 1. The monoisotopic (exact) mass is 632 g/mol. The zero-order valence-corrected chi connectivity index (χ0v) is 25.5. The molecule has 2 heterocycles. The number of nitrogens with zero attached hydrogens (tertiary/aromatic N) is 3. The largest absolute Gasteiger partial charge is 0.497 e. The van der Waals surface area contributed by atoms with E-state index in [0.717, 1.165) is 5.56 Å². The number of aromatic nitrogens is 3. The van der Waals surface area contributed by atoms with Crippen LogP contribution < -0.4 is 14.8 Å². The molecule has 4 aromatic rings. The maximum Gasteiger partial charge on any atom is 0.341 e. The Morgan fingerprint density at radius 1 is 1.17 bits per heavy atom. The van der Waals surface area contributed by atoms with Crippen LogP contribution in [-0.2, 0) is 16.1 Å². The highest BCUT2D eigenvalue weighted by Crippen LogP contribution is 2.37. The molecule has 0 bridgehead atoms. The maximum absolute atomic E-state index is 13.0. The Kier molecular flexibility index (Phi) is 10.3. The predicted octanol–water partition coefficient (Wildman–Crippen LogP) is 7.17. The summed E-state index contributed by atoms with van der Waals surface area (Å²) in [6.45, 7) is 6.02. The second-order valence-electron chi connectivity index (χ2n) is 8.49. The number of ether oxygens (including phenoxy) is 3. The first kappa shape index (κ1) is 30.4. The Labute approximate surface area is 255 Å². The minimum Gasteiger partial charge on any atom is -0.497 e. The number of hydrogen-bond acceptors (Lipinski definition) is 9. The molecule has 0 saturated heterocycles. The average molecular weight is 634 g/mol. The van der Waals surface area contributed by atoms with Crippen LogP contribution in [0.1, 0.15) is 29.2 Å². The van der Waals surface area contributed by atoms with Crippen LogP contribution in [-0.4, -0.2) is 46.6 Å². The molecule has 214 valence electrons. The van der Waals surface area contributed by atoms with Crippen LogP contribution in [0.4, 0.5) is 5.00 Å².